The molecule has 0 saturated carbocycles. The number of nitrogens with zero attached hydrogens (tertiary/aromatic N) is 1. The minimum absolute atomic E-state index is 0.0570. The molecule has 0 aliphatic heterocycles. The second-order valence-electron chi connectivity index (χ2n) is 16.8. The predicted molar refractivity (Wildman–Crippen MR) is 246 cm³/mol. The van der Waals surface area contributed by atoms with E-state index in [4.69, 9.17) is 0 Å². The van der Waals surface area contributed by atoms with E-state index < -0.39 is 5.41 Å². The fourth-order valence-corrected chi connectivity index (χ4v) is 10.9. The third-order valence-corrected chi connectivity index (χ3v) is 13.5. The summed E-state index contributed by atoms with van der Waals surface area (Å²) in [5, 5.41) is 0. The molecule has 1 spiro atoms. The summed E-state index contributed by atoms with van der Waals surface area (Å²) in [6.45, 7) is 4.72. The molecule has 12 rings (SSSR count). The van der Waals surface area contributed by atoms with Crippen molar-refractivity contribution in [3.63, 3.8) is 0 Å². The average molecular weight is 752 g/mol. The molecular weight excluding hydrogens is 711 g/mol. The van der Waals surface area contributed by atoms with Crippen molar-refractivity contribution in [3.8, 4) is 55.6 Å². The van der Waals surface area contributed by atoms with Crippen LogP contribution in [0.25, 0.3) is 55.6 Å². The van der Waals surface area contributed by atoms with E-state index in [1.54, 1.807) is 0 Å². The lowest BCUT2D eigenvalue weighted by molar-refractivity contribution is 0.660. The second kappa shape index (κ2) is 12.6. The number of fused-ring (bicyclic) bond motifs is 13. The highest BCUT2D eigenvalue weighted by atomic mass is 15.1. The fourth-order valence-electron chi connectivity index (χ4n) is 10.9. The van der Waals surface area contributed by atoms with Crippen LogP contribution in [0.15, 0.2) is 212 Å². The molecule has 0 saturated heterocycles. The van der Waals surface area contributed by atoms with Crippen LogP contribution >= 0.6 is 0 Å². The highest BCUT2D eigenvalue weighted by molar-refractivity contribution is 6.01. The Balaban J connectivity index is 1.09. The third kappa shape index (κ3) is 4.67. The summed E-state index contributed by atoms with van der Waals surface area (Å²) in [7, 11) is 0. The van der Waals surface area contributed by atoms with E-state index in [0.717, 1.165) is 11.4 Å². The highest BCUT2D eigenvalue weighted by Gasteiger charge is 2.53. The molecule has 9 aromatic carbocycles. The lowest BCUT2D eigenvalue weighted by Gasteiger charge is -2.36. The topological polar surface area (TPSA) is 3.24 Å². The maximum absolute atomic E-state index is 2.53. The molecule has 1 nitrogen and oxygen atoms in total. The summed E-state index contributed by atoms with van der Waals surface area (Å²) >= 11 is 0. The van der Waals surface area contributed by atoms with Gasteiger partial charge in [-0.1, -0.05) is 196 Å². The monoisotopic (exact) mass is 751 g/mol. The van der Waals surface area contributed by atoms with Crippen molar-refractivity contribution in [1.29, 1.82) is 0 Å². The number of benzene rings is 9. The van der Waals surface area contributed by atoms with Gasteiger partial charge in [-0.25, -0.2) is 0 Å². The minimum Gasteiger partial charge on any atom is -0.310 e. The summed E-state index contributed by atoms with van der Waals surface area (Å²) < 4.78 is 0. The van der Waals surface area contributed by atoms with Crippen LogP contribution in [-0.4, -0.2) is 0 Å². The van der Waals surface area contributed by atoms with Gasteiger partial charge in [0.05, 0.1) is 16.8 Å². The van der Waals surface area contributed by atoms with Gasteiger partial charge in [0.1, 0.15) is 0 Å². The van der Waals surface area contributed by atoms with E-state index >= 15 is 0 Å². The number of para-hydroxylation sites is 1. The Morgan fingerprint density at radius 2 is 0.763 bits per heavy atom. The summed E-state index contributed by atoms with van der Waals surface area (Å²) in [6, 6.07) is 79.2. The first-order chi connectivity index (χ1) is 29.0. The first-order valence-electron chi connectivity index (χ1n) is 20.8. The molecule has 0 N–H and O–H groups in total. The smallest absolute Gasteiger partial charge is 0.0746 e. The van der Waals surface area contributed by atoms with Gasteiger partial charge in [0.15, 0.2) is 0 Å². The van der Waals surface area contributed by atoms with E-state index in [-0.39, 0.29) is 5.41 Å². The molecule has 0 unspecified atom stereocenters. The van der Waals surface area contributed by atoms with Crippen molar-refractivity contribution in [3.05, 3.63) is 246 Å². The Kier molecular flexibility index (Phi) is 7.26. The minimum atomic E-state index is -0.496. The van der Waals surface area contributed by atoms with Crippen LogP contribution in [-0.2, 0) is 10.8 Å². The van der Waals surface area contributed by atoms with Crippen molar-refractivity contribution >= 4 is 17.1 Å². The molecule has 0 fully saturated rings. The molecule has 3 aliphatic rings. The molecule has 1 heteroatoms. The van der Waals surface area contributed by atoms with Crippen LogP contribution in [0, 0.1) is 0 Å². The summed E-state index contributed by atoms with van der Waals surface area (Å²) in [6.07, 6.45) is 0. The zero-order chi connectivity index (χ0) is 39.3. The molecule has 0 radical (unpaired) electrons. The van der Waals surface area contributed by atoms with Crippen LogP contribution in [0.1, 0.15) is 47.2 Å². The van der Waals surface area contributed by atoms with Crippen LogP contribution in [0.4, 0.5) is 17.1 Å². The quantitative estimate of drug-likeness (QED) is 0.169. The van der Waals surface area contributed by atoms with Gasteiger partial charge in [-0.05, 0) is 108 Å². The molecule has 278 valence electrons. The van der Waals surface area contributed by atoms with Gasteiger partial charge in [0.25, 0.3) is 0 Å². The van der Waals surface area contributed by atoms with Gasteiger partial charge >= 0.3 is 0 Å². The van der Waals surface area contributed by atoms with E-state index in [0.29, 0.717) is 0 Å². The van der Waals surface area contributed by atoms with Gasteiger partial charge in [-0.2, -0.15) is 0 Å². The summed E-state index contributed by atoms with van der Waals surface area (Å²) in [5.41, 5.74) is 23.7. The molecule has 0 bridgehead atoms. The zero-order valence-corrected chi connectivity index (χ0v) is 33.2. The van der Waals surface area contributed by atoms with Crippen LogP contribution in [0.2, 0.25) is 0 Å². The average Bonchev–Trinajstić information content (AvgIpc) is 3.86. The van der Waals surface area contributed by atoms with Gasteiger partial charge in [-0.15, -0.1) is 0 Å². The van der Waals surface area contributed by atoms with Crippen molar-refractivity contribution in [2.45, 2.75) is 24.7 Å². The van der Waals surface area contributed by atoms with Crippen LogP contribution < -0.4 is 4.90 Å². The summed E-state index contributed by atoms with van der Waals surface area (Å²) in [5.74, 6) is 0. The fraction of sp³-hybridized carbons (Fsp3) is 0.0690. The van der Waals surface area contributed by atoms with Crippen LogP contribution in [0.3, 0.4) is 0 Å². The van der Waals surface area contributed by atoms with E-state index in [9.17, 15) is 0 Å². The Hall–Kier alpha value is -7.22. The number of hydrogen-bond donors (Lipinski definition) is 0. The van der Waals surface area contributed by atoms with Gasteiger partial charge in [0, 0.05) is 22.2 Å². The Morgan fingerprint density at radius 3 is 1.41 bits per heavy atom. The highest BCUT2D eigenvalue weighted by Crippen LogP contribution is 2.65. The molecule has 3 aliphatic carbocycles. The van der Waals surface area contributed by atoms with Crippen molar-refractivity contribution < 1.29 is 0 Å². The van der Waals surface area contributed by atoms with Crippen LogP contribution in [0.5, 0.6) is 0 Å². The van der Waals surface area contributed by atoms with Gasteiger partial charge < -0.3 is 4.90 Å². The zero-order valence-electron chi connectivity index (χ0n) is 33.2. The number of anilines is 3. The first-order valence-corrected chi connectivity index (χ1v) is 20.8. The standard InChI is InChI=1S/C58H41N/c1-57(2)49-25-11-6-20-43(49)47-36-33-40(37-53(47)57)38-31-34-41(35-32-38)59(54-29-15-10-19-42(54)39-17-4-3-5-18-39)55-30-16-24-48-46-23-9-14-28-52(46)58(56(48)55)50-26-12-7-21-44(50)45-22-8-13-27-51(45)58/h3-37H,1-2H3. The number of hydrogen-bond acceptors (Lipinski definition) is 1. The molecule has 0 amide bonds. The lowest BCUT2D eigenvalue weighted by Crippen LogP contribution is -2.28. The molecule has 0 heterocycles. The van der Waals surface area contributed by atoms with E-state index in [1.807, 2.05) is 0 Å². The Bertz CT molecular complexity index is 3070. The van der Waals surface area contributed by atoms with Crippen molar-refractivity contribution in [2.24, 2.45) is 0 Å². The molecule has 59 heavy (non-hydrogen) atoms. The lowest BCUT2D eigenvalue weighted by atomic mass is 9.70. The SMILES string of the molecule is CC1(C)c2ccccc2-c2ccc(-c3ccc(N(c4ccccc4-c4ccccc4)c4cccc5c4C4(c6ccccc6-c6ccccc64)c4ccccc4-5)cc3)cc21. The predicted octanol–water partition coefficient (Wildman–Crippen LogP) is 15.1. The molecule has 9 aromatic rings. The Morgan fingerprint density at radius 1 is 0.305 bits per heavy atom. The summed E-state index contributed by atoms with van der Waals surface area (Å²) in [4.78, 5) is 2.53. The molecular formula is C58H41N. The Labute approximate surface area is 346 Å². The van der Waals surface area contributed by atoms with Gasteiger partial charge in [-0.3, -0.25) is 0 Å². The van der Waals surface area contributed by atoms with E-state index in [1.165, 1.54) is 94.7 Å². The molecule has 0 aromatic heterocycles. The normalized spacial score (nSPS) is 14.2. The first kappa shape index (κ1) is 33.9. The maximum atomic E-state index is 2.53. The molecule has 0 atom stereocenters. The van der Waals surface area contributed by atoms with Crippen molar-refractivity contribution in [1.82, 2.24) is 0 Å². The van der Waals surface area contributed by atoms with Gasteiger partial charge in [0.2, 0.25) is 0 Å². The third-order valence-electron chi connectivity index (χ3n) is 13.5. The van der Waals surface area contributed by atoms with E-state index in [2.05, 4.69) is 231 Å². The second-order valence-corrected chi connectivity index (χ2v) is 16.8. The number of rotatable bonds is 5. The maximum Gasteiger partial charge on any atom is 0.0746 e. The largest absolute Gasteiger partial charge is 0.310 e. The van der Waals surface area contributed by atoms with Crippen molar-refractivity contribution in [2.75, 3.05) is 4.90 Å².